The van der Waals surface area contributed by atoms with Gasteiger partial charge in [-0.05, 0) is 12.1 Å². The average molecular weight is 290 g/mol. The van der Waals surface area contributed by atoms with Crippen molar-refractivity contribution >= 4 is 5.91 Å². The minimum absolute atomic E-state index is 0.171. The second-order valence-corrected chi connectivity index (χ2v) is 4.68. The number of methoxy groups -OCH3 is 1. The fourth-order valence-electron chi connectivity index (χ4n) is 1.91. The van der Waals surface area contributed by atoms with E-state index >= 15 is 0 Å². The minimum atomic E-state index is -0.729. The zero-order valence-corrected chi connectivity index (χ0v) is 12.0. The molecule has 1 atom stereocenters. The molecule has 0 spiro atoms. The standard InChI is InChI=1S/C14H18N4O3/c1-17(8-12(19)10-21-2)14(20)13-9-18(16-15-13)11-6-4-3-5-7-11/h3-7,9,12,19H,8,10H2,1-2H3. The lowest BCUT2D eigenvalue weighted by molar-refractivity contribution is 0.0378. The van der Waals surface area contributed by atoms with E-state index < -0.39 is 6.10 Å². The number of hydrogen-bond acceptors (Lipinski definition) is 5. The first-order chi connectivity index (χ1) is 10.1. The van der Waals surface area contributed by atoms with Crippen molar-refractivity contribution in [1.82, 2.24) is 19.9 Å². The molecule has 0 saturated heterocycles. The number of rotatable bonds is 6. The normalized spacial score (nSPS) is 12.1. The molecule has 0 bridgehead atoms. The Balaban J connectivity index is 2.05. The first kappa shape index (κ1) is 15.1. The molecule has 0 aliphatic carbocycles. The van der Waals surface area contributed by atoms with E-state index in [2.05, 4.69) is 10.3 Å². The van der Waals surface area contributed by atoms with Crippen molar-refractivity contribution in [3.8, 4) is 5.69 Å². The van der Waals surface area contributed by atoms with Crippen molar-refractivity contribution < 1.29 is 14.6 Å². The molecule has 1 aromatic carbocycles. The van der Waals surface area contributed by atoms with Gasteiger partial charge in [0.15, 0.2) is 5.69 Å². The first-order valence-corrected chi connectivity index (χ1v) is 6.52. The molecule has 112 valence electrons. The number of ether oxygens (including phenoxy) is 1. The molecule has 1 N–H and O–H groups in total. The number of nitrogens with zero attached hydrogens (tertiary/aromatic N) is 4. The highest BCUT2D eigenvalue weighted by atomic mass is 16.5. The summed E-state index contributed by atoms with van der Waals surface area (Å²) in [6.07, 6.45) is 0.838. The lowest BCUT2D eigenvalue weighted by Gasteiger charge is -2.19. The van der Waals surface area contributed by atoms with Gasteiger partial charge in [0, 0.05) is 20.7 Å². The highest BCUT2D eigenvalue weighted by Crippen LogP contribution is 2.07. The van der Waals surface area contributed by atoms with Crippen molar-refractivity contribution in [3.63, 3.8) is 0 Å². The van der Waals surface area contributed by atoms with Gasteiger partial charge in [0.2, 0.25) is 0 Å². The summed E-state index contributed by atoms with van der Waals surface area (Å²) in [6, 6.07) is 9.40. The van der Waals surface area contributed by atoms with Crippen LogP contribution in [0, 0.1) is 0 Å². The summed E-state index contributed by atoms with van der Waals surface area (Å²) < 4.78 is 6.37. The van der Waals surface area contributed by atoms with E-state index in [0.29, 0.717) is 0 Å². The quantitative estimate of drug-likeness (QED) is 0.830. The summed E-state index contributed by atoms with van der Waals surface area (Å²) in [6.45, 7) is 0.346. The summed E-state index contributed by atoms with van der Waals surface area (Å²) in [7, 11) is 3.10. The van der Waals surface area contributed by atoms with Gasteiger partial charge < -0.3 is 14.7 Å². The molecule has 0 saturated carbocycles. The van der Waals surface area contributed by atoms with Crippen LogP contribution in [-0.2, 0) is 4.74 Å². The third kappa shape index (κ3) is 3.87. The molecular formula is C14H18N4O3. The van der Waals surface area contributed by atoms with Crippen LogP contribution >= 0.6 is 0 Å². The van der Waals surface area contributed by atoms with Crippen molar-refractivity contribution in [1.29, 1.82) is 0 Å². The van der Waals surface area contributed by atoms with E-state index in [9.17, 15) is 9.90 Å². The van der Waals surface area contributed by atoms with Crippen LogP contribution in [0.25, 0.3) is 5.69 Å². The van der Waals surface area contributed by atoms with Crippen LogP contribution in [0.3, 0.4) is 0 Å². The molecule has 2 aromatic rings. The largest absolute Gasteiger partial charge is 0.389 e. The van der Waals surface area contributed by atoms with Gasteiger partial charge in [-0.15, -0.1) is 5.10 Å². The monoisotopic (exact) mass is 290 g/mol. The maximum Gasteiger partial charge on any atom is 0.275 e. The van der Waals surface area contributed by atoms with Gasteiger partial charge >= 0.3 is 0 Å². The number of carbonyl (C=O) groups is 1. The Morgan fingerprint density at radius 1 is 1.43 bits per heavy atom. The van der Waals surface area contributed by atoms with Gasteiger partial charge in [-0.3, -0.25) is 4.79 Å². The Kier molecular flexibility index (Phi) is 5.02. The fraction of sp³-hybridized carbons (Fsp3) is 0.357. The summed E-state index contributed by atoms with van der Waals surface area (Å²) in [5, 5.41) is 17.5. The fourth-order valence-corrected chi connectivity index (χ4v) is 1.91. The van der Waals surface area contributed by atoms with Crippen LogP contribution in [0.2, 0.25) is 0 Å². The number of aliphatic hydroxyl groups excluding tert-OH is 1. The minimum Gasteiger partial charge on any atom is -0.389 e. The summed E-state index contributed by atoms with van der Waals surface area (Å²) >= 11 is 0. The number of amides is 1. The molecular weight excluding hydrogens is 272 g/mol. The molecule has 21 heavy (non-hydrogen) atoms. The Bertz CT molecular complexity index is 585. The maximum absolute atomic E-state index is 12.2. The SMILES string of the molecule is COCC(O)CN(C)C(=O)c1cn(-c2ccccc2)nn1. The second kappa shape index (κ2) is 6.96. The molecule has 0 aliphatic rings. The van der Waals surface area contributed by atoms with E-state index in [1.54, 1.807) is 13.2 Å². The van der Waals surface area contributed by atoms with Gasteiger partial charge in [-0.1, -0.05) is 23.4 Å². The van der Waals surface area contributed by atoms with Crippen LogP contribution in [-0.4, -0.2) is 64.3 Å². The van der Waals surface area contributed by atoms with Crippen LogP contribution in [0.4, 0.5) is 0 Å². The van der Waals surface area contributed by atoms with E-state index in [-0.39, 0.29) is 24.8 Å². The number of hydrogen-bond donors (Lipinski definition) is 1. The smallest absolute Gasteiger partial charge is 0.275 e. The number of aromatic nitrogens is 3. The zero-order chi connectivity index (χ0) is 15.2. The molecule has 0 aliphatic heterocycles. The van der Waals surface area contributed by atoms with Gasteiger partial charge in [0.05, 0.1) is 24.6 Å². The molecule has 1 aromatic heterocycles. The zero-order valence-electron chi connectivity index (χ0n) is 12.0. The Morgan fingerprint density at radius 2 is 2.14 bits per heavy atom. The van der Waals surface area contributed by atoms with Crippen LogP contribution in [0.1, 0.15) is 10.5 Å². The van der Waals surface area contributed by atoms with E-state index in [1.165, 1.54) is 16.7 Å². The van der Waals surface area contributed by atoms with Crippen molar-refractivity contribution in [2.75, 3.05) is 27.3 Å². The molecule has 0 fully saturated rings. The summed E-state index contributed by atoms with van der Waals surface area (Å²) in [5.41, 5.74) is 1.05. The first-order valence-electron chi connectivity index (χ1n) is 6.52. The van der Waals surface area contributed by atoms with Gasteiger partial charge in [0.1, 0.15) is 0 Å². The van der Waals surface area contributed by atoms with Crippen LogP contribution < -0.4 is 0 Å². The lowest BCUT2D eigenvalue weighted by Crippen LogP contribution is -2.36. The lowest BCUT2D eigenvalue weighted by atomic mass is 10.3. The predicted molar refractivity (Wildman–Crippen MR) is 76.2 cm³/mol. The summed E-state index contributed by atoms with van der Waals surface area (Å²) in [4.78, 5) is 13.6. The van der Waals surface area contributed by atoms with E-state index in [0.717, 1.165) is 5.69 Å². The molecule has 7 nitrogen and oxygen atoms in total. The Labute approximate surface area is 122 Å². The Morgan fingerprint density at radius 3 is 2.81 bits per heavy atom. The van der Waals surface area contributed by atoms with Crippen molar-refractivity contribution in [2.45, 2.75) is 6.10 Å². The second-order valence-electron chi connectivity index (χ2n) is 4.68. The van der Waals surface area contributed by atoms with E-state index in [1.807, 2.05) is 30.3 Å². The topological polar surface area (TPSA) is 80.5 Å². The number of benzene rings is 1. The van der Waals surface area contributed by atoms with Crippen LogP contribution in [0.15, 0.2) is 36.5 Å². The maximum atomic E-state index is 12.2. The highest BCUT2D eigenvalue weighted by molar-refractivity contribution is 5.91. The van der Waals surface area contributed by atoms with E-state index in [4.69, 9.17) is 4.74 Å². The Hall–Kier alpha value is -2.25. The molecule has 1 amide bonds. The third-order valence-corrected chi connectivity index (χ3v) is 2.92. The summed E-state index contributed by atoms with van der Waals surface area (Å²) in [5.74, 6) is -0.299. The number of para-hydroxylation sites is 1. The number of aliphatic hydroxyl groups is 1. The average Bonchev–Trinajstić information content (AvgIpc) is 2.97. The third-order valence-electron chi connectivity index (χ3n) is 2.92. The van der Waals surface area contributed by atoms with Gasteiger partial charge in [-0.25, -0.2) is 4.68 Å². The predicted octanol–water partition coefficient (Wildman–Crippen LogP) is 0.347. The van der Waals surface area contributed by atoms with Crippen molar-refractivity contribution in [3.05, 3.63) is 42.2 Å². The van der Waals surface area contributed by atoms with Gasteiger partial charge in [0.25, 0.3) is 5.91 Å². The molecule has 2 rings (SSSR count). The van der Waals surface area contributed by atoms with Crippen molar-refractivity contribution in [2.24, 2.45) is 0 Å². The highest BCUT2D eigenvalue weighted by Gasteiger charge is 2.18. The van der Waals surface area contributed by atoms with Gasteiger partial charge in [-0.2, -0.15) is 0 Å². The molecule has 7 heteroatoms. The molecule has 1 heterocycles. The number of likely N-dealkylation sites (N-methyl/N-ethyl adjacent to an activating group) is 1. The van der Waals surface area contributed by atoms with Crippen LogP contribution in [0.5, 0.6) is 0 Å². The number of carbonyl (C=O) groups excluding carboxylic acids is 1. The molecule has 1 unspecified atom stereocenters. The molecule has 0 radical (unpaired) electrons.